The van der Waals surface area contributed by atoms with Crippen LogP contribution in [0.1, 0.15) is 50.8 Å². The van der Waals surface area contributed by atoms with Gasteiger partial charge in [-0.1, -0.05) is 36.4 Å². The van der Waals surface area contributed by atoms with Gasteiger partial charge in [0.25, 0.3) is 8.53 Å². The lowest BCUT2D eigenvalue weighted by atomic mass is 9.70. The third-order valence-corrected chi connectivity index (χ3v) is 9.33. The molecule has 0 aromatic heterocycles. The molecule has 0 N–H and O–H groups in total. The minimum Gasteiger partial charge on any atom is -0.497 e. The number of hydrogen-bond acceptors (Lipinski definition) is 6. The molecular formula is C31H38IN2O4P. The lowest BCUT2D eigenvalue weighted by Gasteiger charge is -2.40. The molecule has 3 rings (SSSR count). The summed E-state index contributed by atoms with van der Waals surface area (Å²) >= 11 is 2.33. The summed E-state index contributed by atoms with van der Waals surface area (Å²) in [5.74, 6) is 1.58. The van der Waals surface area contributed by atoms with Crippen molar-refractivity contribution >= 4 is 31.1 Å². The fourth-order valence-corrected chi connectivity index (χ4v) is 6.71. The average Bonchev–Trinajstić information content (AvgIpc) is 2.94. The van der Waals surface area contributed by atoms with Crippen molar-refractivity contribution in [3.05, 3.63) is 93.1 Å². The number of benzene rings is 3. The van der Waals surface area contributed by atoms with Crippen molar-refractivity contribution in [2.75, 3.05) is 27.4 Å². The van der Waals surface area contributed by atoms with Crippen molar-refractivity contribution < 1.29 is 18.5 Å². The molecule has 0 aliphatic heterocycles. The molecule has 0 fully saturated rings. The van der Waals surface area contributed by atoms with Crippen molar-refractivity contribution in [2.24, 2.45) is 0 Å². The zero-order chi connectivity index (χ0) is 28.4. The molecule has 0 amide bonds. The van der Waals surface area contributed by atoms with E-state index >= 15 is 0 Å². The predicted octanol–water partition coefficient (Wildman–Crippen LogP) is 7.94. The second-order valence-electron chi connectivity index (χ2n) is 9.69. The van der Waals surface area contributed by atoms with E-state index in [0.29, 0.717) is 19.6 Å². The normalized spacial score (nSPS) is 12.5. The van der Waals surface area contributed by atoms with Crippen molar-refractivity contribution in [3.63, 3.8) is 0 Å². The maximum absolute atomic E-state index is 9.15. The van der Waals surface area contributed by atoms with E-state index in [1.165, 1.54) is 0 Å². The Morgan fingerprint density at radius 2 is 1.21 bits per heavy atom. The number of methoxy groups -OCH3 is 2. The third-order valence-electron chi connectivity index (χ3n) is 6.56. The van der Waals surface area contributed by atoms with Crippen molar-refractivity contribution in [2.45, 2.75) is 51.6 Å². The van der Waals surface area contributed by atoms with Crippen LogP contribution >= 0.6 is 31.1 Å². The van der Waals surface area contributed by atoms with Crippen LogP contribution in [-0.2, 0) is 14.5 Å². The highest BCUT2D eigenvalue weighted by Crippen LogP contribution is 2.50. The molecule has 1 atom stereocenters. The van der Waals surface area contributed by atoms with Gasteiger partial charge in [-0.15, -0.1) is 0 Å². The van der Waals surface area contributed by atoms with Crippen LogP contribution in [0.4, 0.5) is 0 Å². The van der Waals surface area contributed by atoms with Crippen molar-refractivity contribution in [3.8, 4) is 17.6 Å². The van der Waals surface area contributed by atoms with E-state index in [9.17, 15) is 0 Å². The van der Waals surface area contributed by atoms with Crippen LogP contribution in [0.25, 0.3) is 0 Å². The van der Waals surface area contributed by atoms with E-state index in [1.807, 2.05) is 24.3 Å². The number of hydrogen-bond donors (Lipinski definition) is 0. The van der Waals surface area contributed by atoms with Crippen LogP contribution in [0.2, 0.25) is 0 Å². The maximum Gasteiger partial charge on any atom is 0.259 e. The van der Waals surface area contributed by atoms with Gasteiger partial charge in [-0.25, -0.2) is 4.67 Å². The van der Waals surface area contributed by atoms with Crippen LogP contribution in [0.15, 0.2) is 72.8 Å². The molecule has 208 valence electrons. The molecular weight excluding hydrogens is 622 g/mol. The number of nitriles is 1. The molecule has 3 aromatic carbocycles. The van der Waals surface area contributed by atoms with Gasteiger partial charge in [-0.05, 0) is 103 Å². The molecule has 1 unspecified atom stereocenters. The number of rotatable bonds is 14. The zero-order valence-electron chi connectivity index (χ0n) is 23.6. The molecule has 6 nitrogen and oxygen atoms in total. The molecule has 0 radical (unpaired) electrons. The highest BCUT2D eigenvalue weighted by molar-refractivity contribution is 14.1. The van der Waals surface area contributed by atoms with Gasteiger partial charge in [0.1, 0.15) is 11.5 Å². The molecule has 39 heavy (non-hydrogen) atoms. The van der Waals surface area contributed by atoms with E-state index in [2.05, 4.69) is 110 Å². The Labute approximate surface area is 248 Å². The quantitative estimate of drug-likeness (QED) is 0.0758. The molecule has 0 bridgehead atoms. The summed E-state index contributed by atoms with van der Waals surface area (Å²) in [7, 11) is 1.90. The van der Waals surface area contributed by atoms with Crippen LogP contribution < -0.4 is 9.47 Å². The number of halogens is 1. The van der Waals surface area contributed by atoms with E-state index in [0.717, 1.165) is 31.8 Å². The van der Waals surface area contributed by atoms with Crippen LogP contribution in [0.5, 0.6) is 11.5 Å². The predicted molar refractivity (Wildman–Crippen MR) is 166 cm³/mol. The largest absolute Gasteiger partial charge is 0.497 e. The number of nitrogens with zero attached hydrogens (tertiary/aromatic N) is 2. The van der Waals surface area contributed by atoms with Crippen molar-refractivity contribution in [1.82, 2.24) is 4.67 Å². The third kappa shape index (κ3) is 7.71. The maximum atomic E-state index is 9.15. The Balaban J connectivity index is 2.19. The topological polar surface area (TPSA) is 64.0 Å². The monoisotopic (exact) mass is 660 g/mol. The zero-order valence-corrected chi connectivity index (χ0v) is 26.6. The lowest BCUT2D eigenvalue weighted by Crippen LogP contribution is -2.38. The fourth-order valence-electron chi connectivity index (χ4n) is 4.70. The van der Waals surface area contributed by atoms with Gasteiger partial charge in [-0.2, -0.15) is 5.26 Å². The first-order valence-corrected chi connectivity index (χ1v) is 15.2. The average molecular weight is 661 g/mol. The molecule has 3 aromatic rings. The molecule has 0 aliphatic carbocycles. The van der Waals surface area contributed by atoms with E-state index in [-0.39, 0.29) is 12.1 Å². The van der Waals surface area contributed by atoms with Gasteiger partial charge in [-0.3, -0.25) is 0 Å². The van der Waals surface area contributed by atoms with Crippen LogP contribution in [-0.4, -0.2) is 44.2 Å². The lowest BCUT2D eigenvalue weighted by molar-refractivity contribution is 0.163. The second kappa shape index (κ2) is 15.0. The molecule has 0 heterocycles. The summed E-state index contributed by atoms with van der Waals surface area (Å²) < 4.78 is 27.5. The van der Waals surface area contributed by atoms with Gasteiger partial charge in [0.05, 0.1) is 45.3 Å². The molecule has 0 spiro atoms. The van der Waals surface area contributed by atoms with Gasteiger partial charge >= 0.3 is 0 Å². The second-order valence-corrected chi connectivity index (χ2v) is 12.4. The Hall–Kier alpha value is -2.21. The van der Waals surface area contributed by atoms with E-state index in [1.54, 1.807) is 14.2 Å². The summed E-state index contributed by atoms with van der Waals surface area (Å²) in [6.07, 6.45) is 0.311. The van der Waals surface area contributed by atoms with E-state index < -0.39 is 13.9 Å². The van der Waals surface area contributed by atoms with Gasteiger partial charge in [0.15, 0.2) is 0 Å². The summed E-state index contributed by atoms with van der Waals surface area (Å²) in [4.78, 5) is 0. The molecule has 0 saturated heterocycles. The fraction of sp³-hybridized carbons (Fsp3) is 0.387. The first kappa shape index (κ1) is 31.3. The standard InChI is InChI=1S/C31H38IN2O4P/c1-23(2)34(24(3)4)39(37-21-7-20-33)38-22-31(25-8-14-28(32)15-9-25,26-10-16-29(35-5)17-11-26)27-12-18-30(36-6)19-13-27/h8-19,23-24H,7,21-22H2,1-6H3. The summed E-state index contributed by atoms with van der Waals surface area (Å²) in [5.41, 5.74) is 2.59. The minimum absolute atomic E-state index is 0.202. The van der Waals surface area contributed by atoms with Crippen LogP contribution in [0, 0.1) is 14.9 Å². The van der Waals surface area contributed by atoms with Crippen molar-refractivity contribution in [1.29, 1.82) is 5.26 Å². The Morgan fingerprint density at radius 1 is 0.769 bits per heavy atom. The molecule has 8 heteroatoms. The smallest absolute Gasteiger partial charge is 0.259 e. The van der Waals surface area contributed by atoms with Crippen LogP contribution in [0.3, 0.4) is 0 Å². The highest BCUT2D eigenvalue weighted by Gasteiger charge is 2.39. The van der Waals surface area contributed by atoms with Gasteiger partial charge in [0.2, 0.25) is 0 Å². The Bertz CT molecular complexity index is 1140. The summed E-state index contributed by atoms with van der Waals surface area (Å²) in [5, 5.41) is 9.15. The Morgan fingerprint density at radius 3 is 1.59 bits per heavy atom. The number of ether oxygens (including phenoxy) is 2. The Kier molecular flexibility index (Phi) is 12.0. The SMILES string of the molecule is COc1ccc(C(COP(OCCC#N)N(C(C)C)C(C)C)(c2ccc(I)cc2)c2ccc(OC)cc2)cc1. The summed E-state index contributed by atoms with van der Waals surface area (Å²) in [6, 6.07) is 27.5. The van der Waals surface area contributed by atoms with Gasteiger partial charge < -0.3 is 18.5 Å². The summed E-state index contributed by atoms with van der Waals surface area (Å²) in [6.45, 7) is 9.23. The first-order valence-electron chi connectivity index (χ1n) is 13.0. The highest BCUT2D eigenvalue weighted by atomic mass is 127. The van der Waals surface area contributed by atoms with E-state index in [4.69, 9.17) is 23.8 Å². The minimum atomic E-state index is -1.44. The molecule has 0 saturated carbocycles. The first-order chi connectivity index (χ1) is 18.8. The molecule has 0 aliphatic rings. The van der Waals surface area contributed by atoms with Gasteiger partial charge in [0, 0.05) is 15.7 Å².